The number of unbranched alkanes of at least 4 members (excludes halogenated alkanes) is 2. The minimum atomic E-state index is -0.0537. The number of hydrogen-bond donors (Lipinski definition) is 3. The molecule has 1 saturated heterocycles. The van der Waals surface area contributed by atoms with Crippen molar-refractivity contribution in [3.05, 3.63) is 0 Å². The average molecular weight is 256 g/mol. The van der Waals surface area contributed by atoms with Crippen LogP contribution in [0.3, 0.4) is 0 Å². The fraction of sp³-hybridized carbons (Fsp3) is 0.923. The maximum Gasteiger partial charge on any atom is 0.233 e. The second-order valence-corrected chi connectivity index (χ2v) is 5.24. The van der Waals surface area contributed by atoms with Crippen molar-refractivity contribution < 1.29 is 4.79 Å². The Labute approximate surface area is 110 Å². The topological polar surface area (TPSA) is 70.4 Å². The van der Waals surface area contributed by atoms with Crippen molar-refractivity contribution in [1.82, 2.24) is 15.6 Å². The molecule has 106 valence electrons. The highest BCUT2D eigenvalue weighted by Gasteiger charge is 2.18. The van der Waals surface area contributed by atoms with Crippen LogP contribution in [0.15, 0.2) is 0 Å². The molecule has 5 nitrogen and oxygen atoms in total. The van der Waals surface area contributed by atoms with Crippen LogP contribution in [0.5, 0.6) is 0 Å². The predicted molar refractivity (Wildman–Crippen MR) is 73.9 cm³/mol. The lowest BCUT2D eigenvalue weighted by molar-refractivity contribution is -0.121. The van der Waals surface area contributed by atoms with Crippen LogP contribution in [0.1, 0.15) is 38.5 Å². The van der Waals surface area contributed by atoms with Gasteiger partial charge in [0.05, 0.1) is 0 Å². The summed E-state index contributed by atoms with van der Waals surface area (Å²) >= 11 is 0. The highest BCUT2D eigenvalue weighted by atomic mass is 16.2. The first-order valence-electron chi connectivity index (χ1n) is 7.12. The third kappa shape index (κ3) is 6.33. The molecular formula is C13H28N4O. The lowest BCUT2D eigenvalue weighted by atomic mass is 9.98. The van der Waals surface area contributed by atoms with E-state index in [4.69, 9.17) is 5.84 Å². The van der Waals surface area contributed by atoms with Crippen molar-refractivity contribution in [2.24, 2.45) is 11.8 Å². The number of carbonyl (C=O) groups is 1. The van der Waals surface area contributed by atoms with E-state index in [1.165, 1.54) is 38.9 Å². The largest absolute Gasteiger partial charge is 0.319 e. The van der Waals surface area contributed by atoms with Gasteiger partial charge >= 0.3 is 0 Å². The third-order valence-electron chi connectivity index (χ3n) is 3.64. The lowest BCUT2D eigenvalue weighted by Crippen LogP contribution is -2.39. The second kappa shape index (κ2) is 9.30. The molecule has 0 aromatic carbocycles. The van der Waals surface area contributed by atoms with Crippen molar-refractivity contribution >= 4 is 5.91 Å². The molecule has 1 aliphatic heterocycles. The molecule has 0 aromatic rings. The summed E-state index contributed by atoms with van der Waals surface area (Å²) in [7, 11) is 2.03. The van der Waals surface area contributed by atoms with Crippen LogP contribution >= 0.6 is 0 Å². The van der Waals surface area contributed by atoms with Crippen molar-refractivity contribution in [2.45, 2.75) is 38.5 Å². The number of likely N-dealkylation sites (tertiary alicyclic amines) is 1. The molecule has 1 rings (SSSR count). The van der Waals surface area contributed by atoms with Gasteiger partial charge in [0.1, 0.15) is 0 Å². The Morgan fingerprint density at radius 1 is 1.39 bits per heavy atom. The zero-order valence-electron chi connectivity index (χ0n) is 11.6. The number of nitrogens with two attached hydrogens (primary N) is 1. The standard InChI is InChI=1S/C13H28N4O/c1-15-10-12-6-5-9-17(11-12)8-4-2-3-7-13(18)16-14/h12,15H,2-11,14H2,1H3,(H,16,18). The van der Waals surface area contributed by atoms with Gasteiger partial charge in [0.15, 0.2) is 0 Å². The first-order valence-corrected chi connectivity index (χ1v) is 7.12. The van der Waals surface area contributed by atoms with E-state index < -0.39 is 0 Å². The molecule has 1 amide bonds. The average Bonchev–Trinajstić information content (AvgIpc) is 2.39. The molecule has 1 fully saturated rings. The molecule has 18 heavy (non-hydrogen) atoms. The summed E-state index contributed by atoms with van der Waals surface area (Å²) in [5.41, 5.74) is 2.17. The van der Waals surface area contributed by atoms with Gasteiger partial charge in [-0.15, -0.1) is 0 Å². The van der Waals surface area contributed by atoms with Crippen LogP contribution in [0.25, 0.3) is 0 Å². The summed E-state index contributed by atoms with van der Waals surface area (Å²) in [5, 5.41) is 3.27. The van der Waals surface area contributed by atoms with E-state index in [2.05, 4.69) is 15.6 Å². The fourth-order valence-corrected chi connectivity index (χ4v) is 2.68. The molecule has 1 aliphatic rings. The van der Waals surface area contributed by atoms with E-state index >= 15 is 0 Å². The summed E-state index contributed by atoms with van der Waals surface area (Å²) in [6, 6.07) is 0. The zero-order valence-corrected chi connectivity index (χ0v) is 11.6. The van der Waals surface area contributed by atoms with Gasteiger partial charge in [-0.2, -0.15) is 0 Å². The Kier molecular flexibility index (Phi) is 7.96. The lowest BCUT2D eigenvalue weighted by Gasteiger charge is -2.32. The van der Waals surface area contributed by atoms with Gasteiger partial charge in [-0.1, -0.05) is 6.42 Å². The van der Waals surface area contributed by atoms with Crippen molar-refractivity contribution in [3.8, 4) is 0 Å². The molecule has 5 heteroatoms. The summed E-state index contributed by atoms with van der Waals surface area (Å²) in [6.07, 6.45) is 6.47. The maximum atomic E-state index is 10.9. The number of hydrogen-bond acceptors (Lipinski definition) is 4. The fourth-order valence-electron chi connectivity index (χ4n) is 2.68. The molecule has 0 aliphatic carbocycles. The Balaban J connectivity index is 2.02. The molecule has 1 unspecified atom stereocenters. The van der Waals surface area contributed by atoms with Gasteiger partial charge < -0.3 is 10.2 Å². The SMILES string of the molecule is CNCC1CCCN(CCCCCC(=O)NN)C1. The predicted octanol–water partition coefficient (Wildman–Crippen LogP) is 0.468. The Morgan fingerprint density at radius 3 is 2.94 bits per heavy atom. The maximum absolute atomic E-state index is 10.9. The van der Waals surface area contributed by atoms with Crippen LogP contribution in [0, 0.1) is 5.92 Å². The molecule has 1 heterocycles. The summed E-state index contributed by atoms with van der Waals surface area (Å²) in [5.74, 6) is 5.79. The molecule has 0 spiro atoms. The zero-order chi connectivity index (χ0) is 13.2. The minimum Gasteiger partial charge on any atom is -0.319 e. The van der Waals surface area contributed by atoms with Crippen molar-refractivity contribution in [1.29, 1.82) is 0 Å². The normalized spacial score (nSPS) is 20.9. The highest BCUT2D eigenvalue weighted by molar-refractivity contribution is 5.74. The summed E-state index contributed by atoms with van der Waals surface area (Å²) in [4.78, 5) is 13.5. The molecule has 0 aromatic heterocycles. The first-order chi connectivity index (χ1) is 8.76. The van der Waals surface area contributed by atoms with Gasteiger partial charge in [-0.3, -0.25) is 10.2 Å². The van der Waals surface area contributed by atoms with Crippen LogP contribution < -0.4 is 16.6 Å². The number of nitrogens with one attached hydrogen (secondary N) is 2. The number of nitrogens with zero attached hydrogens (tertiary/aromatic N) is 1. The quantitative estimate of drug-likeness (QED) is 0.255. The van der Waals surface area contributed by atoms with E-state index in [0.29, 0.717) is 6.42 Å². The Bertz CT molecular complexity index is 233. The highest BCUT2D eigenvalue weighted by Crippen LogP contribution is 2.16. The summed E-state index contributed by atoms with van der Waals surface area (Å²) in [6.45, 7) is 4.77. The van der Waals surface area contributed by atoms with Crippen molar-refractivity contribution in [3.63, 3.8) is 0 Å². The molecule has 0 bridgehead atoms. The molecule has 0 saturated carbocycles. The van der Waals surface area contributed by atoms with Crippen LogP contribution in [-0.4, -0.2) is 44.0 Å². The van der Waals surface area contributed by atoms with Gasteiger partial charge in [0.2, 0.25) is 5.91 Å². The van der Waals surface area contributed by atoms with Crippen LogP contribution in [0.2, 0.25) is 0 Å². The molecule has 1 atom stereocenters. The van der Waals surface area contributed by atoms with E-state index in [1.807, 2.05) is 7.05 Å². The van der Waals surface area contributed by atoms with Gasteiger partial charge in [-0.05, 0) is 58.3 Å². The molecule has 4 N–H and O–H groups in total. The monoisotopic (exact) mass is 256 g/mol. The molecular weight excluding hydrogens is 228 g/mol. The number of piperidine rings is 1. The summed E-state index contributed by atoms with van der Waals surface area (Å²) < 4.78 is 0. The van der Waals surface area contributed by atoms with E-state index in [9.17, 15) is 4.79 Å². The minimum absolute atomic E-state index is 0.0537. The van der Waals surface area contributed by atoms with Crippen LogP contribution in [-0.2, 0) is 4.79 Å². The van der Waals surface area contributed by atoms with Gasteiger partial charge in [-0.25, -0.2) is 5.84 Å². The third-order valence-corrected chi connectivity index (χ3v) is 3.64. The van der Waals surface area contributed by atoms with E-state index in [1.54, 1.807) is 0 Å². The van der Waals surface area contributed by atoms with Crippen LogP contribution in [0.4, 0.5) is 0 Å². The van der Waals surface area contributed by atoms with Gasteiger partial charge in [0, 0.05) is 13.0 Å². The Hall–Kier alpha value is -0.650. The number of rotatable bonds is 8. The number of amides is 1. The van der Waals surface area contributed by atoms with E-state index in [-0.39, 0.29) is 5.91 Å². The second-order valence-electron chi connectivity index (χ2n) is 5.24. The Morgan fingerprint density at radius 2 is 2.22 bits per heavy atom. The van der Waals surface area contributed by atoms with E-state index in [0.717, 1.165) is 25.3 Å². The van der Waals surface area contributed by atoms with Gasteiger partial charge in [0.25, 0.3) is 0 Å². The molecule has 0 radical (unpaired) electrons. The van der Waals surface area contributed by atoms with Crippen molar-refractivity contribution in [2.75, 3.05) is 33.2 Å². The smallest absolute Gasteiger partial charge is 0.233 e. The first kappa shape index (κ1) is 15.4. The number of hydrazine groups is 1. The number of carbonyl (C=O) groups excluding carboxylic acids is 1.